The van der Waals surface area contributed by atoms with Crippen molar-refractivity contribution in [2.24, 2.45) is 14.1 Å². The zero-order valence-corrected chi connectivity index (χ0v) is 24.8. The molecule has 44 heavy (non-hydrogen) atoms. The number of aromatic hydroxyl groups is 2. The molecule has 1 aliphatic rings. The number of aromatic nitrogens is 3. The molecule has 224 valence electrons. The third-order valence-corrected chi connectivity index (χ3v) is 8.39. The number of anilines is 2. The van der Waals surface area contributed by atoms with Gasteiger partial charge in [0.2, 0.25) is 0 Å². The van der Waals surface area contributed by atoms with Crippen LogP contribution in [0.15, 0.2) is 79.1 Å². The van der Waals surface area contributed by atoms with E-state index in [9.17, 15) is 24.2 Å². The van der Waals surface area contributed by atoms with E-state index >= 15 is 0 Å². The van der Waals surface area contributed by atoms with Gasteiger partial charge in [0.15, 0.2) is 11.6 Å². The molecule has 0 saturated carbocycles. The van der Waals surface area contributed by atoms with Crippen LogP contribution in [0, 0.1) is 12.7 Å². The summed E-state index contributed by atoms with van der Waals surface area (Å²) in [6.45, 7) is 4.13. The number of rotatable bonds is 5. The molecular formula is C34H32FN5O4. The largest absolute Gasteiger partial charge is 0.508 e. The second-order valence-corrected chi connectivity index (χ2v) is 11.2. The molecule has 0 radical (unpaired) electrons. The summed E-state index contributed by atoms with van der Waals surface area (Å²) in [6.07, 6.45) is 3.94. The van der Waals surface area contributed by atoms with E-state index in [4.69, 9.17) is 0 Å². The molecule has 6 rings (SSSR count). The summed E-state index contributed by atoms with van der Waals surface area (Å²) in [7, 11) is 3.49. The molecule has 0 fully saturated rings. The highest BCUT2D eigenvalue weighted by Gasteiger charge is 2.32. The molecule has 0 unspecified atom stereocenters. The summed E-state index contributed by atoms with van der Waals surface area (Å²) in [5, 5.41) is 24.4. The van der Waals surface area contributed by atoms with Crippen LogP contribution in [0.5, 0.6) is 11.5 Å². The van der Waals surface area contributed by atoms with Crippen molar-refractivity contribution in [3.05, 3.63) is 113 Å². The number of nitrogens with zero attached hydrogens (tertiary/aromatic N) is 5. The van der Waals surface area contributed by atoms with Gasteiger partial charge in [-0.25, -0.2) is 4.39 Å². The quantitative estimate of drug-likeness (QED) is 0.266. The van der Waals surface area contributed by atoms with Crippen molar-refractivity contribution in [1.82, 2.24) is 19.2 Å². The molecule has 0 spiro atoms. The van der Waals surface area contributed by atoms with Crippen LogP contribution in [0.1, 0.15) is 44.5 Å². The molecule has 5 aromatic rings. The molecule has 2 amide bonds. The highest BCUT2D eigenvalue weighted by Crippen LogP contribution is 2.36. The van der Waals surface area contributed by atoms with Gasteiger partial charge in [0.25, 0.3) is 11.8 Å². The van der Waals surface area contributed by atoms with Gasteiger partial charge in [-0.05, 0) is 73.9 Å². The Bertz CT molecular complexity index is 1910. The van der Waals surface area contributed by atoms with Gasteiger partial charge >= 0.3 is 0 Å². The van der Waals surface area contributed by atoms with Crippen molar-refractivity contribution in [3.63, 3.8) is 0 Å². The lowest BCUT2D eigenvalue weighted by atomic mass is 9.93. The highest BCUT2D eigenvalue weighted by atomic mass is 19.1. The van der Waals surface area contributed by atoms with Crippen molar-refractivity contribution in [1.29, 1.82) is 0 Å². The molecule has 0 aliphatic carbocycles. The predicted molar refractivity (Wildman–Crippen MR) is 164 cm³/mol. The maximum atomic E-state index is 14.9. The van der Waals surface area contributed by atoms with E-state index in [1.165, 1.54) is 28.7 Å². The molecule has 3 heterocycles. The smallest absolute Gasteiger partial charge is 0.264 e. The van der Waals surface area contributed by atoms with Crippen LogP contribution in [0.2, 0.25) is 0 Å². The number of phenolic OH excluding ortho intramolecular Hbond substituents is 2. The minimum atomic E-state index is -0.874. The van der Waals surface area contributed by atoms with Crippen molar-refractivity contribution in [3.8, 4) is 22.8 Å². The standard InChI is InChI=1S/C34H32FN5O4/c1-20-13-22-7-5-6-8-23(22)18-39(20)33(43)29-16-32(42)30(35)14-28(29)31-15-27(21(2)38(31)4)34(44)40(25-17-36-37(3)19-25)24-9-11-26(41)12-10-24/h5-12,14-17,19-20,41-42H,13,18H2,1-4H3/t20-/m1/s1. The number of carbonyl (C=O) groups excluding carboxylic acids is 2. The third-order valence-electron chi connectivity index (χ3n) is 8.39. The Morgan fingerprint density at radius 2 is 1.66 bits per heavy atom. The number of hydrogen-bond donors (Lipinski definition) is 2. The normalized spacial score (nSPS) is 14.4. The van der Waals surface area contributed by atoms with Crippen molar-refractivity contribution >= 4 is 23.2 Å². The van der Waals surface area contributed by atoms with Gasteiger partial charge in [-0.2, -0.15) is 5.10 Å². The number of fused-ring (bicyclic) bond motifs is 1. The maximum absolute atomic E-state index is 14.9. The SMILES string of the molecule is Cc1c(C(=O)N(c2ccc(O)cc2)c2cnn(C)c2)cc(-c2cc(F)c(O)cc2C(=O)N2Cc3ccccc3C[C@H]2C)n1C. The molecule has 2 N–H and O–H groups in total. The average Bonchev–Trinajstić information content (AvgIpc) is 3.56. The second-order valence-electron chi connectivity index (χ2n) is 11.2. The molecule has 0 bridgehead atoms. The lowest BCUT2D eigenvalue weighted by Crippen LogP contribution is -2.42. The molecule has 2 aromatic heterocycles. The third kappa shape index (κ3) is 4.98. The van der Waals surface area contributed by atoms with Crippen LogP contribution in [-0.4, -0.2) is 47.3 Å². The first-order valence-corrected chi connectivity index (χ1v) is 14.2. The Hall–Kier alpha value is -5.38. The van der Waals surface area contributed by atoms with Crippen molar-refractivity contribution in [2.75, 3.05) is 4.90 Å². The summed E-state index contributed by atoms with van der Waals surface area (Å²) in [6, 6.07) is 18.0. The van der Waals surface area contributed by atoms with Gasteiger partial charge < -0.3 is 19.7 Å². The zero-order valence-electron chi connectivity index (χ0n) is 24.8. The van der Waals surface area contributed by atoms with E-state index < -0.39 is 11.6 Å². The summed E-state index contributed by atoms with van der Waals surface area (Å²) in [5.41, 5.74) is 5.00. The first-order chi connectivity index (χ1) is 21.0. The van der Waals surface area contributed by atoms with E-state index in [0.717, 1.165) is 11.6 Å². The number of hydrogen-bond acceptors (Lipinski definition) is 5. The number of halogens is 1. The number of carbonyl (C=O) groups is 2. The van der Waals surface area contributed by atoms with Gasteiger partial charge in [-0.3, -0.25) is 19.2 Å². The molecule has 0 saturated heterocycles. The van der Waals surface area contributed by atoms with E-state index in [0.29, 0.717) is 41.3 Å². The van der Waals surface area contributed by atoms with Crippen LogP contribution >= 0.6 is 0 Å². The fourth-order valence-corrected chi connectivity index (χ4v) is 5.86. The zero-order chi connectivity index (χ0) is 31.3. The first-order valence-electron chi connectivity index (χ1n) is 14.2. The summed E-state index contributed by atoms with van der Waals surface area (Å²) < 4.78 is 18.3. The number of aryl methyl sites for hydroxylation is 1. The van der Waals surface area contributed by atoms with Crippen LogP contribution in [0.25, 0.3) is 11.3 Å². The Balaban J connectivity index is 1.44. The Morgan fingerprint density at radius 3 is 2.34 bits per heavy atom. The van der Waals surface area contributed by atoms with Gasteiger partial charge in [0, 0.05) is 55.5 Å². The Labute approximate surface area is 254 Å². The Kier molecular flexibility index (Phi) is 7.20. The van der Waals surface area contributed by atoms with E-state index in [-0.39, 0.29) is 34.7 Å². The maximum Gasteiger partial charge on any atom is 0.264 e. The average molecular weight is 594 g/mol. The fourth-order valence-electron chi connectivity index (χ4n) is 5.86. The molecule has 10 heteroatoms. The summed E-state index contributed by atoms with van der Waals surface area (Å²) >= 11 is 0. The monoisotopic (exact) mass is 593 g/mol. The fraction of sp³-hybridized carbons (Fsp3) is 0.206. The van der Waals surface area contributed by atoms with Crippen LogP contribution in [0.3, 0.4) is 0 Å². The molecule has 1 aliphatic heterocycles. The topological polar surface area (TPSA) is 104 Å². The van der Waals surface area contributed by atoms with Gasteiger partial charge in [-0.15, -0.1) is 0 Å². The number of amides is 2. The second kappa shape index (κ2) is 11.0. The lowest BCUT2D eigenvalue weighted by molar-refractivity contribution is 0.0658. The van der Waals surface area contributed by atoms with Crippen LogP contribution < -0.4 is 4.90 Å². The van der Waals surface area contributed by atoms with Crippen LogP contribution in [0.4, 0.5) is 15.8 Å². The lowest BCUT2D eigenvalue weighted by Gasteiger charge is -2.35. The highest BCUT2D eigenvalue weighted by molar-refractivity contribution is 6.12. The summed E-state index contributed by atoms with van der Waals surface area (Å²) in [5.74, 6) is -2.16. The van der Waals surface area contributed by atoms with Gasteiger partial charge in [0.05, 0.1) is 23.0 Å². The van der Waals surface area contributed by atoms with Gasteiger partial charge in [0.1, 0.15) is 5.75 Å². The summed E-state index contributed by atoms with van der Waals surface area (Å²) in [4.78, 5) is 31.5. The van der Waals surface area contributed by atoms with E-state index in [2.05, 4.69) is 11.2 Å². The first kappa shape index (κ1) is 28.7. The van der Waals surface area contributed by atoms with E-state index in [1.54, 1.807) is 65.8 Å². The minimum Gasteiger partial charge on any atom is -0.508 e. The Morgan fingerprint density at radius 1 is 0.955 bits per heavy atom. The molecule has 1 atom stereocenters. The van der Waals surface area contributed by atoms with Crippen molar-refractivity contribution < 1.29 is 24.2 Å². The molecule has 3 aromatic carbocycles. The number of phenols is 2. The van der Waals surface area contributed by atoms with E-state index in [1.807, 2.05) is 25.1 Å². The van der Waals surface area contributed by atoms with Crippen molar-refractivity contribution in [2.45, 2.75) is 32.9 Å². The predicted octanol–water partition coefficient (Wildman–Crippen LogP) is 5.85. The molecule has 9 nitrogen and oxygen atoms in total. The van der Waals surface area contributed by atoms with Crippen LogP contribution in [-0.2, 0) is 27.1 Å². The minimum absolute atomic E-state index is 0.0589. The molecular weight excluding hydrogens is 561 g/mol. The van der Waals surface area contributed by atoms with Gasteiger partial charge in [-0.1, -0.05) is 24.3 Å². The number of benzene rings is 3.